The molecule has 0 atom stereocenters. The van der Waals surface area contributed by atoms with Gasteiger partial charge in [0, 0.05) is 30.8 Å². The fourth-order valence-corrected chi connectivity index (χ4v) is 2.12. The molecule has 0 spiro atoms. The second-order valence-electron chi connectivity index (χ2n) is 3.87. The number of anilines is 1. The first-order valence-electron chi connectivity index (χ1n) is 5.32. The van der Waals surface area contributed by atoms with Gasteiger partial charge in [-0.15, -0.1) is 0 Å². The molecule has 1 saturated heterocycles. The maximum absolute atomic E-state index is 12.1. The van der Waals surface area contributed by atoms with E-state index in [0.717, 1.165) is 30.4 Å². The molecule has 0 unspecified atom stereocenters. The lowest BCUT2D eigenvalue weighted by molar-refractivity contribution is 0.216. The van der Waals surface area contributed by atoms with Gasteiger partial charge in [-0.1, -0.05) is 15.9 Å². The molecule has 4 nitrogen and oxygen atoms in total. The first-order valence-corrected chi connectivity index (χ1v) is 6.12. The molecular formula is C11H14BrN3O. The van der Waals surface area contributed by atoms with E-state index in [9.17, 15) is 4.79 Å². The van der Waals surface area contributed by atoms with Gasteiger partial charge in [0.15, 0.2) is 0 Å². The van der Waals surface area contributed by atoms with Crippen LogP contribution in [0.15, 0.2) is 22.8 Å². The number of rotatable bonds is 1. The number of aromatic nitrogens is 1. The second-order valence-corrected chi connectivity index (χ2v) is 4.78. The van der Waals surface area contributed by atoms with E-state index >= 15 is 0 Å². The third-order valence-corrected chi connectivity index (χ3v) is 3.21. The number of pyridine rings is 1. The molecule has 0 saturated carbocycles. The van der Waals surface area contributed by atoms with Gasteiger partial charge in [0.1, 0.15) is 5.82 Å². The topological polar surface area (TPSA) is 36.4 Å². The molecule has 0 bridgehead atoms. The van der Waals surface area contributed by atoms with Crippen molar-refractivity contribution in [3.05, 3.63) is 22.8 Å². The molecule has 1 aliphatic rings. The molecule has 2 heterocycles. The summed E-state index contributed by atoms with van der Waals surface area (Å²) in [6.07, 6.45) is 3.89. The summed E-state index contributed by atoms with van der Waals surface area (Å²) < 4.78 is 0.929. The number of hydrogen-bond acceptors (Lipinski definition) is 2. The highest BCUT2D eigenvalue weighted by atomic mass is 79.9. The van der Waals surface area contributed by atoms with E-state index in [1.807, 2.05) is 17.0 Å². The Labute approximate surface area is 103 Å². The maximum atomic E-state index is 12.1. The monoisotopic (exact) mass is 283 g/mol. The summed E-state index contributed by atoms with van der Waals surface area (Å²) >= 11 is 3.37. The van der Waals surface area contributed by atoms with Crippen molar-refractivity contribution >= 4 is 27.8 Å². The molecule has 0 radical (unpaired) electrons. The molecule has 1 fully saturated rings. The van der Waals surface area contributed by atoms with Crippen LogP contribution in [0.2, 0.25) is 0 Å². The van der Waals surface area contributed by atoms with Crippen LogP contribution in [0.4, 0.5) is 10.6 Å². The zero-order valence-corrected chi connectivity index (χ0v) is 10.8. The average Bonchev–Trinajstić information content (AvgIpc) is 2.80. The number of carbonyl (C=O) groups excluding carboxylic acids is 1. The van der Waals surface area contributed by atoms with Crippen LogP contribution in [-0.2, 0) is 0 Å². The molecule has 1 aromatic heterocycles. The third kappa shape index (κ3) is 2.35. The Morgan fingerprint density at radius 1 is 1.50 bits per heavy atom. The van der Waals surface area contributed by atoms with Crippen molar-refractivity contribution in [2.45, 2.75) is 12.8 Å². The van der Waals surface area contributed by atoms with E-state index in [-0.39, 0.29) is 6.03 Å². The molecular weight excluding hydrogens is 270 g/mol. The molecule has 16 heavy (non-hydrogen) atoms. The normalized spacial score (nSPS) is 15.2. The van der Waals surface area contributed by atoms with Crippen LogP contribution >= 0.6 is 15.9 Å². The largest absolute Gasteiger partial charge is 0.325 e. The van der Waals surface area contributed by atoms with Crippen LogP contribution in [0.3, 0.4) is 0 Å². The van der Waals surface area contributed by atoms with E-state index in [1.165, 1.54) is 0 Å². The summed E-state index contributed by atoms with van der Waals surface area (Å²) in [7, 11) is 1.76. The van der Waals surface area contributed by atoms with Gasteiger partial charge in [-0.2, -0.15) is 0 Å². The number of hydrogen-bond donors (Lipinski definition) is 0. The Balaban J connectivity index is 2.11. The molecule has 2 rings (SSSR count). The van der Waals surface area contributed by atoms with Crippen molar-refractivity contribution in [3.8, 4) is 0 Å². The van der Waals surface area contributed by atoms with Crippen molar-refractivity contribution in [2.24, 2.45) is 0 Å². The lowest BCUT2D eigenvalue weighted by Gasteiger charge is -2.23. The van der Waals surface area contributed by atoms with E-state index in [0.29, 0.717) is 5.82 Å². The first-order chi connectivity index (χ1) is 7.68. The van der Waals surface area contributed by atoms with Gasteiger partial charge in [0.05, 0.1) is 0 Å². The van der Waals surface area contributed by atoms with Crippen molar-refractivity contribution in [1.29, 1.82) is 0 Å². The lowest BCUT2D eigenvalue weighted by Crippen LogP contribution is -2.39. The maximum Gasteiger partial charge on any atom is 0.325 e. The zero-order valence-electron chi connectivity index (χ0n) is 9.19. The molecule has 0 aliphatic carbocycles. The number of halogens is 1. The molecule has 0 N–H and O–H groups in total. The van der Waals surface area contributed by atoms with E-state index < -0.39 is 0 Å². The minimum Gasteiger partial charge on any atom is -0.324 e. The van der Waals surface area contributed by atoms with Crippen LogP contribution in [0.25, 0.3) is 0 Å². The van der Waals surface area contributed by atoms with Gasteiger partial charge in [-0.3, -0.25) is 4.90 Å². The Morgan fingerprint density at radius 2 is 2.19 bits per heavy atom. The average molecular weight is 284 g/mol. The van der Waals surface area contributed by atoms with E-state index in [4.69, 9.17) is 0 Å². The quantitative estimate of drug-likeness (QED) is 0.794. The van der Waals surface area contributed by atoms with Crippen molar-refractivity contribution in [2.75, 3.05) is 25.0 Å². The van der Waals surface area contributed by atoms with Gasteiger partial charge < -0.3 is 4.90 Å². The fraction of sp³-hybridized carbons (Fsp3) is 0.455. The third-order valence-electron chi connectivity index (χ3n) is 2.71. The van der Waals surface area contributed by atoms with Crippen LogP contribution in [0.5, 0.6) is 0 Å². The predicted molar refractivity (Wildman–Crippen MR) is 66.5 cm³/mol. The van der Waals surface area contributed by atoms with Crippen LogP contribution in [0.1, 0.15) is 12.8 Å². The summed E-state index contributed by atoms with van der Waals surface area (Å²) in [6.45, 7) is 1.72. The smallest absolute Gasteiger partial charge is 0.324 e. The summed E-state index contributed by atoms with van der Waals surface area (Å²) in [5.74, 6) is 0.672. The lowest BCUT2D eigenvalue weighted by atomic mass is 10.4. The fourth-order valence-electron chi connectivity index (χ4n) is 1.80. The summed E-state index contributed by atoms with van der Waals surface area (Å²) in [5.41, 5.74) is 0. The predicted octanol–water partition coefficient (Wildman–Crippen LogP) is 2.50. The molecule has 1 aliphatic heterocycles. The summed E-state index contributed by atoms with van der Waals surface area (Å²) in [5, 5.41) is 0. The standard InChI is InChI=1S/C11H14BrN3O/c1-14(10-8-9(12)4-5-13-10)11(16)15-6-2-3-7-15/h4-5,8H,2-3,6-7H2,1H3. The van der Waals surface area contributed by atoms with Crippen LogP contribution in [-0.4, -0.2) is 36.1 Å². The molecule has 86 valence electrons. The number of likely N-dealkylation sites (tertiary alicyclic amines) is 1. The highest BCUT2D eigenvalue weighted by Gasteiger charge is 2.22. The molecule has 0 aromatic carbocycles. The van der Waals surface area contributed by atoms with Gasteiger partial charge in [-0.05, 0) is 25.0 Å². The Bertz CT molecular complexity index is 391. The van der Waals surface area contributed by atoms with Crippen molar-refractivity contribution < 1.29 is 4.79 Å². The molecule has 1 aromatic rings. The van der Waals surface area contributed by atoms with E-state index in [1.54, 1.807) is 18.1 Å². The number of urea groups is 1. The van der Waals surface area contributed by atoms with Crippen LogP contribution < -0.4 is 4.90 Å². The highest BCUT2D eigenvalue weighted by Crippen LogP contribution is 2.18. The van der Waals surface area contributed by atoms with Gasteiger partial charge in [-0.25, -0.2) is 9.78 Å². The molecule has 2 amide bonds. The summed E-state index contributed by atoms with van der Waals surface area (Å²) in [6, 6.07) is 3.72. The minimum atomic E-state index is 0.0306. The SMILES string of the molecule is CN(C(=O)N1CCCC1)c1cc(Br)ccn1. The first kappa shape index (κ1) is 11.4. The number of carbonyl (C=O) groups is 1. The van der Waals surface area contributed by atoms with Gasteiger partial charge in [0.25, 0.3) is 0 Å². The number of nitrogens with zero attached hydrogens (tertiary/aromatic N) is 3. The highest BCUT2D eigenvalue weighted by molar-refractivity contribution is 9.10. The Kier molecular flexibility index (Phi) is 3.43. The zero-order chi connectivity index (χ0) is 11.5. The Morgan fingerprint density at radius 3 is 2.81 bits per heavy atom. The Hall–Kier alpha value is -1.10. The minimum absolute atomic E-state index is 0.0306. The van der Waals surface area contributed by atoms with Crippen LogP contribution in [0, 0.1) is 0 Å². The van der Waals surface area contributed by atoms with Gasteiger partial charge >= 0.3 is 6.03 Å². The molecule has 5 heteroatoms. The number of amides is 2. The summed E-state index contributed by atoms with van der Waals surface area (Å²) in [4.78, 5) is 19.7. The second kappa shape index (κ2) is 4.82. The van der Waals surface area contributed by atoms with Crippen molar-refractivity contribution in [1.82, 2.24) is 9.88 Å². The van der Waals surface area contributed by atoms with Crippen molar-refractivity contribution in [3.63, 3.8) is 0 Å². The van der Waals surface area contributed by atoms with Gasteiger partial charge in [0.2, 0.25) is 0 Å². The van der Waals surface area contributed by atoms with E-state index in [2.05, 4.69) is 20.9 Å².